The van der Waals surface area contributed by atoms with Gasteiger partial charge in [0.25, 0.3) is 5.91 Å². The minimum Gasteiger partial charge on any atom is -0.481 e. The predicted octanol–water partition coefficient (Wildman–Crippen LogP) is 2.34. The monoisotopic (exact) mass is 342 g/mol. The molecule has 0 bridgehead atoms. The Morgan fingerprint density at radius 3 is 2.60 bits per heavy atom. The van der Waals surface area contributed by atoms with E-state index in [-0.39, 0.29) is 17.6 Å². The van der Waals surface area contributed by atoms with Gasteiger partial charge in [-0.1, -0.05) is 42.2 Å². The van der Waals surface area contributed by atoms with Gasteiger partial charge in [0.05, 0.1) is 17.8 Å². The third-order valence-electron chi connectivity index (χ3n) is 4.67. The van der Waals surface area contributed by atoms with Crippen LogP contribution in [-0.2, 0) is 4.79 Å². The van der Waals surface area contributed by atoms with Gasteiger partial charge >= 0.3 is 5.97 Å². The Morgan fingerprint density at radius 1 is 1.16 bits per heavy atom. The highest BCUT2D eigenvalue weighted by molar-refractivity contribution is 5.92. The molecule has 1 aliphatic carbocycles. The molecule has 3 rings (SSSR count). The Balaban J connectivity index is 1.72. The number of aromatic nitrogens is 3. The van der Waals surface area contributed by atoms with Crippen molar-refractivity contribution < 1.29 is 14.7 Å². The quantitative estimate of drug-likeness (QED) is 0.831. The molecule has 1 fully saturated rings. The molecular weight excluding hydrogens is 320 g/mol. The van der Waals surface area contributed by atoms with Crippen molar-refractivity contribution in [3.63, 3.8) is 0 Å². The van der Waals surface area contributed by atoms with Crippen LogP contribution in [0.3, 0.4) is 0 Å². The summed E-state index contributed by atoms with van der Waals surface area (Å²) in [4.78, 5) is 23.9. The van der Waals surface area contributed by atoms with Crippen molar-refractivity contribution >= 4 is 11.9 Å². The van der Waals surface area contributed by atoms with E-state index in [9.17, 15) is 14.7 Å². The average molecular weight is 342 g/mol. The first-order valence-electron chi connectivity index (χ1n) is 8.57. The van der Waals surface area contributed by atoms with E-state index in [1.54, 1.807) is 6.20 Å². The number of hydrogen-bond donors (Lipinski definition) is 2. The molecule has 1 heterocycles. The number of carboxylic acids is 1. The van der Waals surface area contributed by atoms with E-state index in [4.69, 9.17) is 0 Å². The Morgan fingerprint density at radius 2 is 1.88 bits per heavy atom. The summed E-state index contributed by atoms with van der Waals surface area (Å²) < 4.78 is 1.54. The van der Waals surface area contributed by atoms with Crippen LogP contribution in [-0.4, -0.2) is 38.0 Å². The molecule has 0 spiro atoms. The van der Waals surface area contributed by atoms with Crippen LogP contribution >= 0.6 is 0 Å². The topological polar surface area (TPSA) is 97.1 Å². The summed E-state index contributed by atoms with van der Waals surface area (Å²) in [7, 11) is 0. The van der Waals surface area contributed by atoms with Crippen molar-refractivity contribution in [2.75, 3.05) is 0 Å². The number of benzene rings is 1. The molecule has 0 saturated heterocycles. The first kappa shape index (κ1) is 17.1. The Hall–Kier alpha value is -2.70. The van der Waals surface area contributed by atoms with Gasteiger partial charge < -0.3 is 10.4 Å². The maximum Gasteiger partial charge on any atom is 0.308 e. The van der Waals surface area contributed by atoms with Crippen LogP contribution in [0.2, 0.25) is 0 Å². The Bertz CT molecular complexity index is 754. The minimum atomic E-state index is -0.851. The summed E-state index contributed by atoms with van der Waals surface area (Å²) in [6.07, 6.45) is 5.63. The maximum atomic E-state index is 12.5. The number of nitrogens with one attached hydrogen (secondary N) is 1. The average Bonchev–Trinajstić information content (AvgIpc) is 2.96. The molecule has 7 nitrogen and oxygen atoms in total. The molecule has 1 aliphatic rings. The number of carboxylic acid groups (broad SMARTS) is 1. The van der Waals surface area contributed by atoms with Crippen LogP contribution in [0.15, 0.2) is 30.5 Å². The van der Waals surface area contributed by atoms with Gasteiger partial charge in [-0.25, -0.2) is 4.68 Å². The fourth-order valence-corrected chi connectivity index (χ4v) is 3.21. The van der Waals surface area contributed by atoms with E-state index >= 15 is 0 Å². The number of amides is 1. The summed E-state index contributed by atoms with van der Waals surface area (Å²) in [5.74, 6) is -1.77. The van der Waals surface area contributed by atoms with Gasteiger partial charge in [0.2, 0.25) is 0 Å². The third kappa shape index (κ3) is 4.04. The van der Waals surface area contributed by atoms with Gasteiger partial charge in [0.15, 0.2) is 5.69 Å². The Kier molecular flexibility index (Phi) is 5.11. The van der Waals surface area contributed by atoms with E-state index in [1.807, 2.05) is 31.2 Å². The van der Waals surface area contributed by atoms with Crippen LogP contribution in [0.5, 0.6) is 0 Å². The fourth-order valence-electron chi connectivity index (χ4n) is 3.21. The first-order chi connectivity index (χ1) is 12.0. The second kappa shape index (κ2) is 7.46. The van der Waals surface area contributed by atoms with Crippen molar-refractivity contribution in [1.29, 1.82) is 0 Å². The largest absolute Gasteiger partial charge is 0.481 e. The molecule has 1 amide bonds. The van der Waals surface area contributed by atoms with E-state index in [1.165, 1.54) is 4.68 Å². The van der Waals surface area contributed by atoms with Crippen molar-refractivity contribution in [3.8, 4) is 5.69 Å². The van der Waals surface area contributed by atoms with Crippen molar-refractivity contribution in [1.82, 2.24) is 20.3 Å². The normalized spacial score (nSPS) is 20.7. The zero-order valence-corrected chi connectivity index (χ0v) is 14.2. The van der Waals surface area contributed by atoms with Crippen LogP contribution < -0.4 is 5.32 Å². The van der Waals surface area contributed by atoms with Gasteiger partial charge in [-0.3, -0.25) is 9.59 Å². The molecule has 2 N–H and O–H groups in total. The Labute approximate surface area is 146 Å². The number of hydrogen-bond acceptors (Lipinski definition) is 4. The van der Waals surface area contributed by atoms with Crippen LogP contribution in [0, 0.1) is 12.8 Å². The van der Waals surface area contributed by atoms with E-state index in [0.717, 1.165) is 30.5 Å². The molecule has 2 atom stereocenters. The highest BCUT2D eigenvalue weighted by Gasteiger charge is 2.31. The molecule has 1 aromatic carbocycles. The summed E-state index contributed by atoms with van der Waals surface area (Å²) in [6.45, 7) is 2.00. The number of aryl methyl sites for hydroxylation is 1. The molecule has 1 saturated carbocycles. The van der Waals surface area contributed by atoms with E-state index in [0.29, 0.717) is 12.8 Å². The van der Waals surface area contributed by atoms with Crippen LogP contribution in [0.25, 0.3) is 5.69 Å². The van der Waals surface area contributed by atoms with Crippen molar-refractivity contribution in [2.45, 2.75) is 45.1 Å². The zero-order valence-electron chi connectivity index (χ0n) is 14.2. The number of nitrogens with zero attached hydrogens (tertiary/aromatic N) is 3. The summed E-state index contributed by atoms with van der Waals surface area (Å²) in [6, 6.07) is 7.35. The molecule has 0 radical (unpaired) electrons. The SMILES string of the molecule is Cc1ccc(-n2cc(C(=O)N[C@H]3CCCCC[C@H]3C(=O)O)nn2)cc1. The molecule has 2 aromatic rings. The molecule has 7 heteroatoms. The predicted molar refractivity (Wildman–Crippen MR) is 91.6 cm³/mol. The second-order valence-electron chi connectivity index (χ2n) is 6.55. The van der Waals surface area contributed by atoms with Gasteiger partial charge in [-0.15, -0.1) is 5.10 Å². The first-order valence-corrected chi connectivity index (χ1v) is 8.57. The van der Waals surface area contributed by atoms with Crippen LogP contribution in [0.4, 0.5) is 0 Å². The zero-order chi connectivity index (χ0) is 17.8. The number of aliphatic carboxylic acids is 1. The third-order valence-corrected chi connectivity index (χ3v) is 4.67. The molecule has 0 aliphatic heterocycles. The highest BCUT2D eigenvalue weighted by Crippen LogP contribution is 2.24. The maximum absolute atomic E-state index is 12.5. The van der Waals surface area contributed by atoms with Crippen molar-refractivity contribution in [3.05, 3.63) is 41.7 Å². The smallest absolute Gasteiger partial charge is 0.308 e. The lowest BCUT2D eigenvalue weighted by Gasteiger charge is -2.22. The lowest BCUT2D eigenvalue weighted by atomic mass is 9.95. The second-order valence-corrected chi connectivity index (χ2v) is 6.55. The van der Waals surface area contributed by atoms with Gasteiger partial charge in [0.1, 0.15) is 0 Å². The molecule has 132 valence electrons. The lowest BCUT2D eigenvalue weighted by molar-refractivity contribution is -0.142. The number of carbonyl (C=O) groups is 2. The van der Waals surface area contributed by atoms with Gasteiger partial charge in [-0.2, -0.15) is 0 Å². The molecule has 0 unspecified atom stereocenters. The van der Waals surface area contributed by atoms with Crippen LogP contribution in [0.1, 0.15) is 48.2 Å². The summed E-state index contributed by atoms with van der Waals surface area (Å²) >= 11 is 0. The van der Waals surface area contributed by atoms with Gasteiger partial charge in [0, 0.05) is 6.04 Å². The molecule has 1 aromatic heterocycles. The summed E-state index contributed by atoms with van der Waals surface area (Å²) in [5.41, 5.74) is 2.14. The number of carbonyl (C=O) groups excluding carboxylic acids is 1. The van der Waals surface area contributed by atoms with E-state index in [2.05, 4.69) is 15.6 Å². The molecule has 25 heavy (non-hydrogen) atoms. The highest BCUT2D eigenvalue weighted by atomic mass is 16.4. The van der Waals surface area contributed by atoms with Gasteiger partial charge in [-0.05, 0) is 31.9 Å². The standard InChI is InChI=1S/C18H22N4O3/c1-12-7-9-13(10-8-12)22-11-16(20-21-22)17(23)19-15-6-4-2-3-5-14(15)18(24)25/h7-11,14-15H,2-6H2,1H3,(H,19,23)(H,24,25)/t14-,15+/m1/s1. The fraction of sp³-hybridized carbons (Fsp3) is 0.444. The van der Waals surface area contributed by atoms with E-state index < -0.39 is 11.9 Å². The summed E-state index contributed by atoms with van der Waals surface area (Å²) in [5, 5.41) is 20.2. The lowest BCUT2D eigenvalue weighted by Crippen LogP contribution is -2.43. The number of rotatable bonds is 4. The minimum absolute atomic E-state index is 0.189. The molecular formula is C18H22N4O3. The van der Waals surface area contributed by atoms with Crippen molar-refractivity contribution in [2.24, 2.45) is 5.92 Å².